The number of pyridine rings is 1. The predicted molar refractivity (Wildman–Crippen MR) is 165 cm³/mol. The summed E-state index contributed by atoms with van der Waals surface area (Å²) in [7, 11) is -3.11. The van der Waals surface area contributed by atoms with Crippen LogP contribution >= 0.6 is 7.14 Å². The van der Waals surface area contributed by atoms with Crippen LogP contribution in [-0.2, 0) is 4.57 Å². The molecule has 2 heterocycles. The van der Waals surface area contributed by atoms with E-state index < -0.39 is 7.14 Å². The fourth-order valence-electron chi connectivity index (χ4n) is 6.02. The second kappa shape index (κ2) is 8.39. The van der Waals surface area contributed by atoms with Crippen molar-refractivity contribution in [2.24, 2.45) is 0 Å². The van der Waals surface area contributed by atoms with E-state index in [1.54, 1.807) is 0 Å². The van der Waals surface area contributed by atoms with Crippen molar-refractivity contribution in [3.8, 4) is 0 Å². The summed E-state index contributed by atoms with van der Waals surface area (Å²) in [6.07, 6.45) is 0. The van der Waals surface area contributed by atoms with Crippen molar-refractivity contribution < 1.29 is 4.57 Å². The van der Waals surface area contributed by atoms with E-state index in [9.17, 15) is 0 Å². The average Bonchev–Trinajstić information content (AvgIpc) is 3.40. The zero-order valence-electron chi connectivity index (χ0n) is 21.0. The summed E-state index contributed by atoms with van der Waals surface area (Å²) < 4.78 is 17.3. The third-order valence-corrected chi connectivity index (χ3v) is 10.9. The van der Waals surface area contributed by atoms with Crippen LogP contribution in [0.4, 0.5) is 0 Å². The van der Waals surface area contributed by atoms with Gasteiger partial charge in [0.2, 0.25) is 0 Å². The lowest BCUT2D eigenvalue weighted by Gasteiger charge is -2.20. The average molecular weight is 519 g/mol. The Morgan fingerprint density at radius 1 is 0.513 bits per heavy atom. The minimum absolute atomic E-state index is 0.786. The molecular weight excluding hydrogens is 495 g/mol. The Morgan fingerprint density at radius 2 is 1.13 bits per heavy atom. The molecule has 184 valence electrons. The lowest BCUT2D eigenvalue weighted by molar-refractivity contribution is 0.592. The van der Waals surface area contributed by atoms with Gasteiger partial charge in [0.15, 0.2) is 7.14 Å². The van der Waals surface area contributed by atoms with E-state index in [1.807, 2.05) is 72.8 Å². The van der Waals surface area contributed by atoms with E-state index in [2.05, 4.69) is 71.1 Å². The first-order valence-electron chi connectivity index (χ1n) is 13.1. The van der Waals surface area contributed by atoms with Gasteiger partial charge in [-0.25, -0.2) is 4.98 Å². The quantitative estimate of drug-likeness (QED) is 0.178. The molecule has 0 radical (unpaired) electrons. The van der Waals surface area contributed by atoms with Gasteiger partial charge in [0.05, 0.1) is 16.6 Å². The maximum atomic E-state index is 15.0. The number of aromatic nitrogens is 2. The number of imidazole rings is 1. The summed E-state index contributed by atoms with van der Waals surface area (Å²) in [5, 5.41) is 8.29. The number of hydrogen-bond acceptors (Lipinski definition) is 2. The SMILES string of the molecule is O=P(c1ccccc1)(c1ccccc1)c1ccc2c(c1)nc1c3ccccc3c3ccc4ccccc4c3n21. The zero-order valence-corrected chi connectivity index (χ0v) is 21.9. The lowest BCUT2D eigenvalue weighted by atomic mass is 10.0. The molecule has 0 saturated heterocycles. The van der Waals surface area contributed by atoms with Gasteiger partial charge in [-0.3, -0.25) is 4.40 Å². The molecule has 0 atom stereocenters. The fraction of sp³-hybridized carbons (Fsp3) is 0. The summed E-state index contributed by atoms with van der Waals surface area (Å²) in [5.74, 6) is 0. The molecule has 2 aromatic heterocycles. The number of benzene rings is 6. The molecule has 8 aromatic rings. The van der Waals surface area contributed by atoms with E-state index in [0.717, 1.165) is 43.5 Å². The molecule has 8 rings (SSSR count). The molecule has 0 N–H and O–H groups in total. The normalized spacial score (nSPS) is 12.2. The molecule has 0 saturated carbocycles. The van der Waals surface area contributed by atoms with E-state index in [0.29, 0.717) is 0 Å². The van der Waals surface area contributed by atoms with Crippen molar-refractivity contribution >= 4 is 72.2 Å². The minimum atomic E-state index is -3.11. The smallest absolute Gasteiger partial charge is 0.171 e. The largest absolute Gasteiger partial charge is 0.309 e. The summed E-state index contributed by atoms with van der Waals surface area (Å²) in [6.45, 7) is 0. The van der Waals surface area contributed by atoms with E-state index in [4.69, 9.17) is 4.98 Å². The van der Waals surface area contributed by atoms with Gasteiger partial charge < -0.3 is 4.57 Å². The Morgan fingerprint density at radius 3 is 1.85 bits per heavy atom. The van der Waals surface area contributed by atoms with Crippen molar-refractivity contribution in [2.75, 3.05) is 0 Å². The first-order chi connectivity index (χ1) is 19.2. The van der Waals surface area contributed by atoms with Crippen LogP contribution in [0, 0.1) is 0 Å². The number of hydrogen-bond donors (Lipinski definition) is 0. The molecule has 0 spiro atoms. The van der Waals surface area contributed by atoms with Gasteiger partial charge in [0, 0.05) is 32.1 Å². The van der Waals surface area contributed by atoms with Gasteiger partial charge in [0.1, 0.15) is 5.65 Å². The standard InChI is InChI=1S/C35H23N2OP/c38-39(25-12-3-1-4-13-25,26-14-5-2-6-15-26)27-20-22-33-32(23-27)36-35-31-18-10-9-17-29(31)30-21-19-24-11-7-8-16-28(24)34(30)37(33)35/h1-23H. The van der Waals surface area contributed by atoms with Crippen molar-refractivity contribution in [1.29, 1.82) is 0 Å². The molecular formula is C35H23N2OP. The fourth-order valence-corrected chi connectivity index (χ4v) is 8.69. The van der Waals surface area contributed by atoms with E-state index >= 15 is 4.57 Å². The molecule has 0 amide bonds. The third-order valence-electron chi connectivity index (χ3n) is 7.82. The van der Waals surface area contributed by atoms with Crippen LogP contribution in [0.1, 0.15) is 0 Å². The molecule has 0 aliphatic carbocycles. The number of rotatable bonds is 3. The Labute approximate surface area is 225 Å². The van der Waals surface area contributed by atoms with Crippen LogP contribution in [0.15, 0.2) is 140 Å². The van der Waals surface area contributed by atoms with Gasteiger partial charge in [-0.1, -0.05) is 121 Å². The highest BCUT2D eigenvalue weighted by molar-refractivity contribution is 7.85. The van der Waals surface area contributed by atoms with Crippen LogP contribution < -0.4 is 15.9 Å². The molecule has 3 nitrogen and oxygen atoms in total. The molecule has 0 fully saturated rings. The Kier molecular flexibility index (Phi) is 4.79. The lowest BCUT2D eigenvalue weighted by Crippen LogP contribution is -2.24. The van der Waals surface area contributed by atoms with Gasteiger partial charge in [0.25, 0.3) is 0 Å². The van der Waals surface area contributed by atoms with E-state index in [-0.39, 0.29) is 0 Å². The first kappa shape index (κ1) is 22.3. The Bertz CT molecular complexity index is 2210. The highest BCUT2D eigenvalue weighted by Gasteiger charge is 2.30. The minimum Gasteiger partial charge on any atom is -0.309 e. The van der Waals surface area contributed by atoms with Crippen molar-refractivity contribution in [2.45, 2.75) is 0 Å². The molecule has 0 aliphatic heterocycles. The summed E-state index contributed by atoms with van der Waals surface area (Å²) in [5.41, 5.74) is 3.90. The number of fused-ring (bicyclic) bond motifs is 10. The highest BCUT2D eigenvalue weighted by Crippen LogP contribution is 2.43. The van der Waals surface area contributed by atoms with E-state index in [1.165, 1.54) is 21.5 Å². The molecule has 0 aliphatic rings. The van der Waals surface area contributed by atoms with Gasteiger partial charge in [-0.15, -0.1) is 0 Å². The van der Waals surface area contributed by atoms with Crippen molar-refractivity contribution in [3.05, 3.63) is 140 Å². The maximum Gasteiger partial charge on any atom is 0.171 e. The molecule has 0 unspecified atom stereocenters. The predicted octanol–water partition coefficient (Wildman–Crippen LogP) is 7.59. The van der Waals surface area contributed by atoms with Crippen LogP contribution in [-0.4, -0.2) is 9.38 Å². The highest BCUT2D eigenvalue weighted by atomic mass is 31.2. The zero-order chi connectivity index (χ0) is 26.0. The van der Waals surface area contributed by atoms with Crippen molar-refractivity contribution in [1.82, 2.24) is 9.38 Å². The van der Waals surface area contributed by atoms with Crippen LogP contribution in [0.25, 0.3) is 49.1 Å². The van der Waals surface area contributed by atoms with Crippen LogP contribution in [0.2, 0.25) is 0 Å². The number of nitrogens with zero attached hydrogens (tertiary/aromatic N) is 2. The summed E-state index contributed by atoms with van der Waals surface area (Å²) >= 11 is 0. The Balaban J connectivity index is 1.51. The van der Waals surface area contributed by atoms with Gasteiger partial charge in [-0.05, 0) is 29.0 Å². The van der Waals surface area contributed by atoms with Crippen LogP contribution in [0.3, 0.4) is 0 Å². The van der Waals surface area contributed by atoms with Gasteiger partial charge >= 0.3 is 0 Å². The molecule has 0 bridgehead atoms. The van der Waals surface area contributed by atoms with Gasteiger partial charge in [-0.2, -0.15) is 0 Å². The first-order valence-corrected chi connectivity index (χ1v) is 14.8. The summed E-state index contributed by atoms with van der Waals surface area (Å²) in [4.78, 5) is 5.20. The Hall–Kier alpha value is -4.72. The second-order valence-corrected chi connectivity index (χ2v) is 12.7. The maximum absolute atomic E-state index is 15.0. The second-order valence-electron chi connectivity index (χ2n) is 9.95. The topological polar surface area (TPSA) is 34.4 Å². The van der Waals surface area contributed by atoms with Crippen molar-refractivity contribution in [3.63, 3.8) is 0 Å². The molecule has 39 heavy (non-hydrogen) atoms. The third kappa shape index (κ3) is 3.17. The molecule has 6 aromatic carbocycles. The molecule has 4 heteroatoms. The monoisotopic (exact) mass is 518 g/mol. The summed E-state index contributed by atoms with van der Waals surface area (Å²) in [6, 6.07) is 47.2. The van der Waals surface area contributed by atoms with Crippen LogP contribution in [0.5, 0.6) is 0 Å².